The van der Waals surface area contributed by atoms with Gasteiger partial charge < -0.3 is 5.32 Å². The molecule has 0 aromatic heterocycles. The van der Waals surface area contributed by atoms with Gasteiger partial charge in [0.15, 0.2) is 0 Å². The first-order valence-electron chi connectivity index (χ1n) is 4.76. The lowest BCUT2D eigenvalue weighted by atomic mass is 10.3. The fraction of sp³-hybridized carbons (Fsp3) is 0.700. The minimum atomic E-state index is 0.962. The van der Waals surface area contributed by atoms with E-state index in [0.29, 0.717) is 0 Å². The van der Waals surface area contributed by atoms with E-state index in [2.05, 4.69) is 42.8 Å². The van der Waals surface area contributed by atoms with Crippen molar-refractivity contribution in [1.29, 1.82) is 0 Å². The van der Waals surface area contributed by atoms with Gasteiger partial charge in [-0.25, -0.2) is 4.40 Å². The second-order valence-electron chi connectivity index (χ2n) is 3.03. The van der Waals surface area contributed by atoms with E-state index in [4.69, 9.17) is 0 Å². The van der Waals surface area contributed by atoms with Gasteiger partial charge >= 0.3 is 0 Å². The molecule has 13 heavy (non-hydrogen) atoms. The molecular weight excluding hydrogens is 180 g/mol. The van der Waals surface area contributed by atoms with Gasteiger partial charge in [-0.3, -0.25) is 0 Å². The number of nitrogens with one attached hydrogen (secondary N) is 1. The van der Waals surface area contributed by atoms with Crippen LogP contribution in [0, 0.1) is 0 Å². The van der Waals surface area contributed by atoms with Gasteiger partial charge in [0.25, 0.3) is 0 Å². The zero-order chi connectivity index (χ0) is 10.1. The van der Waals surface area contributed by atoms with Gasteiger partial charge in [-0.05, 0) is 32.2 Å². The number of rotatable bonds is 6. The van der Waals surface area contributed by atoms with Gasteiger partial charge in [0.2, 0.25) is 0 Å². The summed E-state index contributed by atoms with van der Waals surface area (Å²) >= 11 is 1.53. The van der Waals surface area contributed by atoms with Crippen LogP contribution in [0.2, 0.25) is 0 Å². The van der Waals surface area contributed by atoms with Crippen molar-refractivity contribution in [3.05, 3.63) is 11.0 Å². The molecule has 3 heteroatoms. The van der Waals surface area contributed by atoms with Crippen LogP contribution in [0.5, 0.6) is 0 Å². The summed E-state index contributed by atoms with van der Waals surface area (Å²) in [6.45, 7) is 10.4. The molecule has 1 N–H and O–H groups in total. The number of nitrogens with zero attached hydrogens (tertiary/aromatic N) is 1. The average molecular weight is 200 g/mol. The Bertz CT molecular complexity index is 185. The highest BCUT2D eigenvalue weighted by molar-refractivity contribution is 8.01. The molecule has 0 saturated heterocycles. The fourth-order valence-electron chi connectivity index (χ4n) is 0.635. The summed E-state index contributed by atoms with van der Waals surface area (Å²) in [5.74, 6) is 0. The second kappa shape index (κ2) is 8.32. The van der Waals surface area contributed by atoms with Crippen molar-refractivity contribution >= 4 is 17.7 Å². The monoisotopic (exact) mass is 200 g/mol. The molecule has 0 aromatic carbocycles. The summed E-state index contributed by atoms with van der Waals surface area (Å²) in [5.41, 5.74) is 2.53. The topological polar surface area (TPSA) is 24.4 Å². The summed E-state index contributed by atoms with van der Waals surface area (Å²) in [6.07, 6.45) is 1.03. The van der Waals surface area contributed by atoms with E-state index in [-0.39, 0.29) is 0 Å². The van der Waals surface area contributed by atoms with Gasteiger partial charge in [-0.2, -0.15) is 0 Å². The molecule has 0 unspecified atom stereocenters. The summed E-state index contributed by atoms with van der Waals surface area (Å²) < 4.78 is 4.32. The van der Waals surface area contributed by atoms with Crippen LogP contribution in [0.15, 0.2) is 15.4 Å². The molecule has 76 valence electrons. The molecule has 0 atom stereocenters. The van der Waals surface area contributed by atoms with Crippen LogP contribution in [0.25, 0.3) is 0 Å². The first kappa shape index (κ1) is 12.7. The molecule has 2 nitrogen and oxygen atoms in total. The van der Waals surface area contributed by atoms with E-state index in [1.807, 2.05) is 0 Å². The highest BCUT2D eigenvalue weighted by Crippen LogP contribution is 2.09. The van der Waals surface area contributed by atoms with Gasteiger partial charge in [-0.1, -0.05) is 19.4 Å². The highest BCUT2D eigenvalue weighted by Gasteiger charge is 1.88. The van der Waals surface area contributed by atoms with E-state index in [1.54, 1.807) is 0 Å². The maximum Gasteiger partial charge on any atom is 0.0232 e. The molecule has 0 saturated carbocycles. The molecule has 0 aliphatic rings. The lowest BCUT2D eigenvalue weighted by Gasteiger charge is -1.99. The molecule has 0 aliphatic carbocycles. The standard InChI is InChI=1S/C10H20N2S/c1-5-10(4)12-13-8-9(3)7-11-6-2/h8,11H,5-7H2,1-4H3/b9-8+,12-10-. The molecule has 0 fully saturated rings. The Morgan fingerprint density at radius 1 is 1.38 bits per heavy atom. The summed E-state index contributed by atoms with van der Waals surface area (Å²) in [6, 6.07) is 0. The minimum absolute atomic E-state index is 0.962. The van der Waals surface area contributed by atoms with E-state index in [0.717, 1.165) is 19.5 Å². The van der Waals surface area contributed by atoms with Crippen LogP contribution < -0.4 is 5.32 Å². The first-order valence-corrected chi connectivity index (χ1v) is 5.60. The number of likely N-dealkylation sites (N-methyl/N-ethyl adjacent to an activating group) is 1. The SMILES string of the molecule is CCNC/C(C)=C/S/N=C(/C)CC. The zero-order valence-corrected chi connectivity index (χ0v) is 9.87. The van der Waals surface area contributed by atoms with Crippen molar-refractivity contribution in [3.8, 4) is 0 Å². The van der Waals surface area contributed by atoms with Crippen molar-refractivity contribution in [2.45, 2.75) is 34.1 Å². The molecule has 0 amide bonds. The van der Waals surface area contributed by atoms with Crippen LogP contribution in [0.1, 0.15) is 34.1 Å². The summed E-state index contributed by atoms with van der Waals surface area (Å²) in [4.78, 5) is 0. The molecule has 0 aliphatic heterocycles. The van der Waals surface area contributed by atoms with Crippen molar-refractivity contribution in [2.24, 2.45) is 4.40 Å². The Hall–Kier alpha value is -0.280. The van der Waals surface area contributed by atoms with Crippen molar-refractivity contribution < 1.29 is 0 Å². The number of hydrogen-bond acceptors (Lipinski definition) is 3. The maximum absolute atomic E-state index is 4.32. The van der Waals surface area contributed by atoms with Crippen LogP contribution in [-0.2, 0) is 0 Å². The fourth-order valence-corrected chi connectivity index (χ4v) is 1.26. The maximum atomic E-state index is 4.32. The Labute approximate surface area is 86.0 Å². The third-order valence-corrected chi connectivity index (χ3v) is 2.55. The third kappa shape index (κ3) is 8.06. The second-order valence-corrected chi connectivity index (χ2v) is 3.66. The minimum Gasteiger partial charge on any atom is -0.313 e. The quantitative estimate of drug-likeness (QED) is 0.526. The average Bonchev–Trinajstić information content (AvgIpc) is 2.14. The molecule has 0 aromatic rings. The predicted molar refractivity (Wildman–Crippen MR) is 63.3 cm³/mol. The molecule has 0 heterocycles. The summed E-state index contributed by atoms with van der Waals surface area (Å²) in [7, 11) is 0. The molecule has 0 spiro atoms. The highest BCUT2D eigenvalue weighted by atomic mass is 32.2. The van der Waals surface area contributed by atoms with Gasteiger partial charge in [0, 0.05) is 24.2 Å². The lowest BCUT2D eigenvalue weighted by molar-refractivity contribution is 0.777. The zero-order valence-electron chi connectivity index (χ0n) is 9.05. The van der Waals surface area contributed by atoms with Crippen LogP contribution in [0.3, 0.4) is 0 Å². The van der Waals surface area contributed by atoms with E-state index < -0.39 is 0 Å². The Kier molecular flexibility index (Phi) is 8.14. The number of hydrogen-bond donors (Lipinski definition) is 1. The first-order chi connectivity index (χ1) is 6.20. The van der Waals surface area contributed by atoms with Gasteiger partial charge in [-0.15, -0.1) is 0 Å². The normalized spacial score (nSPS) is 13.5. The smallest absolute Gasteiger partial charge is 0.0232 e. The molecule has 0 radical (unpaired) electrons. The Morgan fingerprint density at radius 2 is 2.08 bits per heavy atom. The van der Waals surface area contributed by atoms with E-state index in [1.165, 1.54) is 23.2 Å². The largest absolute Gasteiger partial charge is 0.313 e. The van der Waals surface area contributed by atoms with Crippen LogP contribution in [0.4, 0.5) is 0 Å². The van der Waals surface area contributed by atoms with E-state index >= 15 is 0 Å². The molecular formula is C10H20N2S. The lowest BCUT2D eigenvalue weighted by Crippen LogP contribution is -2.14. The molecule has 0 bridgehead atoms. The van der Waals surface area contributed by atoms with Crippen LogP contribution >= 0.6 is 11.9 Å². The predicted octanol–water partition coefficient (Wildman–Crippen LogP) is 3.02. The Balaban J connectivity index is 3.70. The van der Waals surface area contributed by atoms with Crippen molar-refractivity contribution in [3.63, 3.8) is 0 Å². The van der Waals surface area contributed by atoms with E-state index in [9.17, 15) is 0 Å². The molecule has 0 rings (SSSR count). The summed E-state index contributed by atoms with van der Waals surface area (Å²) in [5, 5.41) is 5.37. The van der Waals surface area contributed by atoms with Crippen molar-refractivity contribution in [2.75, 3.05) is 13.1 Å². The van der Waals surface area contributed by atoms with Crippen LogP contribution in [-0.4, -0.2) is 18.8 Å². The van der Waals surface area contributed by atoms with Gasteiger partial charge in [0.1, 0.15) is 0 Å². The van der Waals surface area contributed by atoms with Gasteiger partial charge in [0.05, 0.1) is 0 Å². The third-order valence-electron chi connectivity index (χ3n) is 1.63. The Morgan fingerprint density at radius 3 is 2.62 bits per heavy atom. The van der Waals surface area contributed by atoms with Crippen molar-refractivity contribution in [1.82, 2.24) is 5.32 Å².